The van der Waals surface area contributed by atoms with Crippen LogP contribution in [0.15, 0.2) is 109 Å². The van der Waals surface area contributed by atoms with Crippen LogP contribution in [-0.2, 0) is 0 Å². The van der Waals surface area contributed by atoms with Gasteiger partial charge in [-0.1, -0.05) is 190 Å². The second-order valence-electron chi connectivity index (χ2n) is 9.74. The summed E-state index contributed by atoms with van der Waals surface area (Å²) in [5.41, 5.74) is 0. The summed E-state index contributed by atoms with van der Waals surface area (Å²) in [7, 11) is 0. The Morgan fingerprint density at radius 2 is 0.667 bits per heavy atom. The Hall–Kier alpha value is -2.34. The van der Waals surface area contributed by atoms with Gasteiger partial charge in [-0.3, -0.25) is 0 Å². The maximum absolute atomic E-state index is 2.24. The molecule has 0 unspecified atom stereocenters. The molecule has 0 rings (SSSR count). The van der Waals surface area contributed by atoms with Crippen molar-refractivity contribution in [2.75, 3.05) is 0 Å². The molecule has 0 saturated heterocycles. The first-order valence-corrected chi connectivity index (χ1v) is 18.5. The lowest BCUT2D eigenvalue weighted by Crippen LogP contribution is -1.63. The Labute approximate surface area is 289 Å². The molecule has 0 nitrogen and oxygen atoms in total. The lowest BCUT2D eigenvalue weighted by Gasteiger charge is -1.83. The van der Waals surface area contributed by atoms with Crippen LogP contribution in [0.1, 0.15) is 180 Å². The van der Waals surface area contributed by atoms with Crippen LogP contribution < -0.4 is 0 Å². The lowest BCUT2D eigenvalue weighted by atomic mass is 10.2. The van der Waals surface area contributed by atoms with Crippen molar-refractivity contribution >= 4 is 0 Å². The average Bonchev–Trinajstić information content (AvgIpc) is 3.06. The quantitative estimate of drug-likeness (QED) is 0.0963. The van der Waals surface area contributed by atoms with Gasteiger partial charge >= 0.3 is 0 Å². The zero-order chi connectivity index (χ0) is 35.9. The van der Waals surface area contributed by atoms with Crippen molar-refractivity contribution in [3.05, 3.63) is 109 Å². The van der Waals surface area contributed by atoms with E-state index >= 15 is 0 Å². The van der Waals surface area contributed by atoms with E-state index in [2.05, 4.69) is 166 Å². The van der Waals surface area contributed by atoms with Gasteiger partial charge in [0.15, 0.2) is 0 Å². The first-order valence-electron chi connectivity index (χ1n) is 18.5. The van der Waals surface area contributed by atoms with Crippen molar-refractivity contribution in [3.63, 3.8) is 0 Å². The van der Waals surface area contributed by atoms with Crippen molar-refractivity contribution < 1.29 is 0 Å². The molecule has 0 heterocycles. The third-order valence-corrected chi connectivity index (χ3v) is 5.04. The van der Waals surface area contributed by atoms with Crippen LogP contribution in [0.5, 0.6) is 0 Å². The minimum absolute atomic E-state index is 1.08. The molecule has 0 aromatic rings. The molecule has 0 aromatic carbocycles. The fourth-order valence-electron chi connectivity index (χ4n) is 2.52. The zero-order valence-corrected chi connectivity index (χ0v) is 33.6. The number of hydrogen-bond donors (Lipinski definition) is 0. The first kappa shape index (κ1) is 58.2. The van der Waals surface area contributed by atoms with Crippen molar-refractivity contribution in [2.24, 2.45) is 0 Å². The lowest BCUT2D eigenvalue weighted by molar-refractivity contribution is 0.814. The highest BCUT2D eigenvalue weighted by Crippen LogP contribution is 1.93. The van der Waals surface area contributed by atoms with Crippen LogP contribution in [0.4, 0.5) is 0 Å². The van der Waals surface area contributed by atoms with Crippen LogP contribution in [0.2, 0.25) is 0 Å². The summed E-state index contributed by atoms with van der Waals surface area (Å²) in [4.78, 5) is 0. The maximum atomic E-state index is 2.24. The van der Waals surface area contributed by atoms with Crippen LogP contribution in [0.25, 0.3) is 0 Å². The van der Waals surface area contributed by atoms with Crippen LogP contribution in [-0.4, -0.2) is 0 Å². The van der Waals surface area contributed by atoms with Crippen molar-refractivity contribution in [3.8, 4) is 0 Å². The highest BCUT2D eigenvalue weighted by atomic mass is 13.8. The monoisotopic (exact) mass is 627 g/mol. The molecule has 0 aliphatic heterocycles. The molecule has 0 atom stereocenters. The van der Waals surface area contributed by atoms with E-state index in [9.17, 15) is 0 Å². The molecule has 0 bridgehead atoms. The topological polar surface area (TPSA) is 0 Å². The van der Waals surface area contributed by atoms with Crippen LogP contribution in [0.3, 0.4) is 0 Å². The Balaban J connectivity index is -0.0000000751. The van der Waals surface area contributed by atoms with Gasteiger partial charge in [0.25, 0.3) is 0 Å². The van der Waals surface area contributed by atoms with E-state index in [0.29, 0.717) is 0 Å². The molecule has 0 radical (unpaired) electrons. The van der Waals surface area contributed by atoms with E-state index in [1.165, 1.54) is 64.2 Å². The largest absolute Gasteiger partial charge is 0.0917 e. The Kier molecular flexibility index (Phi) is 108. The van der Waals surface area contributed by atoms with Gasteiger partial charge < -0.3 is 0 Å². The molecule has 0 spiro atoms. The molecule has 0 aliphatic rings. The SMILES string of the molecule is C/C=C\C/C=C\C.C/C=C\C=C/CC.C/C=C\CC.C/C=C\CCC.C/C=C\CCCC.CC/C=C\CC.CC/C=C\CCC. The molecule has 0 amide bonds. The smallest absolute Gasteiger partial charge is 0.0169 e. The molecule has 45 heavy (non-hydrogen) atoms. The highest BCUT2D eigenvalue weighted by molar-refractivity contribution is 5.00. The zero-order valence-electron chi connectivity index (χ0n) is 33.6. The fourth-order valence-corrected chi connectivity index (χ4v) is 2.52. The number of unbranched alkanes of at least 4 members (excludes halogenated alkanes) is 4. The molecular weight excluding hydrogens is 540 g/mol. The molecule has 266 valence electrons. The molecule has 0 saturated carbocycles. The molecule has 0 aromatic heterocycles. The molecule has 0 heteroatoms. The van der Waals surface area contributed by atoms with Gasteiger partial charge in [0.05, 0.1) is 0 Å². The Bertz CT molecular complexity index is 628. The van der Waals surface area contributed by atoms with Gasteiger partial charge in [-0.05, 0) is 99.3 Å². The van der Waals surface area contributed by atoms with E-state index in [4.69, 9.17) is 0 Å². The van der Waals surface area contributed by atoms with Gasteiger partial charge in [0, 0.05) is 0 Å². The molecule has 0 fully saturated rings. The molecule has 0 N–H and O–H groups in total. The van der Waals surface area contributed by atoms with Gasteiger partial charge in [0.2, 0.25) is 0 Å². The highest BCUT2D eigenvalue weighted by Gasteiger charge is 1.73. The first-order chi connectivity index (χ1) is 21.9. The van der Waals surface area contributed by atoms with E-state index < -0.39 is 0 Å². The average molecular weight is 627 g/mol. The van der Waals surface area contributed by atoms with Gasteiger partial charge in [0.1, 0.15) is 0 Å². The fraction of sp³-hybridized carbons (Fsp3) is 0.600. The summed E-state index contributed by atoms with van der Waals surface area (Å²) < 4.78 is 0. The second-order valence-corrected chi connectivity index (χ2v) is 9.74. The summed E-state index contributed by atoms with van der Waals surface area (Å²) >= 11 is 0. The predicted octanol–water partition coefficient (Wildman–Crippen LogP) is 17.3. The summed E-state index contributed by atoms with van der Waals surface area (Å²) in [6, 6.07) is 0. The third-order valence-electron chi connectivity index (χ3n) is 5.04. The number of hydrogen-bond acceptors (Lipinski definition) is 0. The number of allylic oxidation sites excluding steroid dienone is 18. The third kappa shape index (κ3) is 140. The summed E-state index contributed by atoms with van der Waals surface area (Å²) in [5, 5.41) is 0. The van der Waals surface area contributed by atoms with Crippen molar-refractivity contribution in [1.82, 2.24) is 0 Å². The summed E-state index contributed by atoms with van der Waals surface area (Å²) in [6.45, 7) is 29.5. The standard InChI is InChI=1S/2C7H14.2C7H12.2C6H12.C5H10/c4*1-3-5-7-6-4-2;2*1-3-5-6-4-2;1-3-5-4-2/h5,7H,3-4,6H2,1-2H3;3,5H,4,6-7H2,1-2H3;3,5-7H,4H2,1-2H3;3-6H,7H2,1-2H3;5-6H,3-4H2,1-2H3;3,5H,4,6H2,1-2H3;3,5H,4H2,1-2H3/b7-5-;5-3-;5-3-,7-6-;5-3-,6-4-;6-5-;2*5-3-. The van der Waals surface area contributed by atoms with Crippen molar-refractivity contribution in [1.29, 1.82) is 0 Å². The van der Waals surface area contributed by atoms with Crippen LogP contribution >= 0.6 is 0 Å². The van der Waals surface area contributed by atoms with E-state index in [0.717, 1.165) is 19.3 Å². The van der Waals surface area contributed by atoms with Gasteiger partial charge in [-0.2, -0.15) is 0 Å². The minimum atomic E-state index is 1.08. The summed E-state index contributed by atoms with van der Waals surface area (Å²) in [6.07, 6.45) is 54.0. The van der Waals surface area contributed by atoms with Crippen molar-refractivity contribution in [2.45, 2.75) is 180 Å². The molecule has 0 aliphatic carbocycles. The second kappa shape index (κ2) is 83.8. The summed E-state index contributed by atoms with van der Waals surface area (Å²) in [5.74, 6) is 0. The van der Waals surface area contributed by atoms with E-state index in [1.807, 2.05) is 39.8 Å². The van der Waals surface area contributed by atoms with Gasteiger partial charge in [-0.15, -0.1) is 0 Å². The van der Waals surface area contributed by atoms with Crippen LogP contribution in [0, 0.1) is 0 Å². The Morgan fingerprint density at radius 1 is 0.289 bits per heavy atom. The van der Waals surface area contributed by atoms with Gasteiger partial charge in [-0.25, -0.2) is 0 Å². The number of rotatable bonds is 15. The minimum Gasteiger partial charge on any atom is -0.0917 e. The van der Waals surface area contributed by atoms with E-state index in [1.54, 1.807) is 0 Å². The molecular formula is C45H86. The maximum Gasteiger partial charge on any atom is -0.0169 e. The Morgan fingerprint density at radius 3 is 0.956 bits per heavy atom. The van der Waals surface area contributed by atoms with E-state index in [-0.39, 0.29) is 0 Å². The predicted molar refractivity (Wildman–Crippen MR) is 222 cm³/mol. The normalized spacial score (nSPS) is 10.8.